The average molecular weight is 327 g/mol. The maximum absolute atomic E-state index is 13.3. The van der Waals surface area contributed by atoms with Gasteiger partial charge in [-0.15, -0.1) is 0 Å². The molecule has 0 amide bonds. The Morgan fingerprint density at radius 1 is 1.18 bits per heavy atom. The second-order valence-corrected chi connectivity index (χ2v) is 7.31. The lowest BCUT2D eigenvalue weighted by Crippen LogP contribution is -2.13. The van der Waals surface area contributed by atoms with Crippen molar-refractivity contribution >= 4 is 13.3 Å². The lowest BCUT2D eigenvalue weighted by molar-refractivity contribution is 0.223. The maximum Gasteiger partial charge on any atom is 0.336 e. The van der Waals surface area contributed by atoms with Gasteiger partial charge in [-0.2, -0.15) is 0 Å². The van der Waals surface area contributed by atoms with Crippen LogP contribution in [0.2, 0.25) is 0 Å². The molecule has 1 aliphatic heterocycles. The highest BCUT2D eigenvalue weighted by atomic mass is 31.2. The van der Waals surface area contributed by atoms with Crippen LogP contribution >= 0.6 is 7.60 Å². The zero-order valence-corrected chi connectivity index (χ0v) is 14.1. The summed E-state index contributed by atoms with van der Waals surface area (Å²) in [5.41, 5.74) is 2.90. The molecule has 22 heavy (non-hydrogen) atoms. The number of hydrogen-bond acceptors (Lipinski definition) is 4. The van der Waals surface area contributed by atoms with Crippen LogP contribution < -0.4 is 0 Å². The van der Waals surface area contributed by atoms with Gasteiger partial charge in [0, 0.05) is 11.9 Å². The van der Waals surface area contributed by atoms with E-state index in [1.165, 1.54) is 0 Å². The van der Waals surface area contributed by atoms with Gasteiger partial charge in [-0.25, -0.2) is 4.39 Å². The number of aliphatic imine (C=N–C) groups is 1. The first-order valence-electron chi connectivity index (χ1n) is 7.75. The molecule has 0 saturated carbocycles. The third-order valence-electron chi connectivity index (χ3n) is 3.59. The van der Waals surface area contributed by atoms with Crippen molar-refractivity contribution in [3.63, 3.8) is 0 Å². The van der Waals surface area contributed by atoms with Gasteiger partial charge in [0.05, 0.1) is 19.4 Å². The van der Waals surface area contributed by atoms with Crippen molar-refractivity contribution < 1.29 is 18.0 Å². The molecule has 0 radical (unpaired) electrons. The van der Waals surface area contributed by atoms with Crippen molar-refractivity contribution in [1.82, 2.24) is 0 Å². The molecule has 122 valence electrons. The summed E-state index contributed by atoms with van der Waals surface area (Å²) < 4.78 is 36.4. The fraction of sp³-hybridized carbons (Fsp3) is 0.562. The highest BCUT2D eigenvalue weighted by Gasteiger charge is 2.27. The zero-order chi connectivity index (χ0) is 16.0. The van der Waals surface area contributed by atoms with E-state index in [-0.39, 0.29) is 12.0 Å². The van der Waals surface area contributed by atoms with E-state index in [0.717, 1.165) is 36.1 Å². The molecule has 0 N–H and O–H groups in total. The highest BCUT2D eigenvalue weighted by molar-refractivity contribution is 7.54. The van der Waals surface area contributed by atoms with Crippen molar-refractivity contribution in [2.45, 2.75) is 39.5 Å². The van der Waals surface area contributed by atoms with Crippen molar-refractivity contribution in [2.75, 3.05) is 19.4 Å². The molecule has 2 rings (SSSR count). The van der Waals surface area contributed by atoms with Crippen LogP contribution in [0.3, 0.4) is 0 Å². The summed E-state index contributed by atoms with van der Waals surface area (Å²) in [6, 6.07) is 0. The molecule has 0 aromatic carbocycles. The van der Waals surface area contributed by atoms with E-state index in [1.54, 1.807) is 32.2 Å². The molecule has 0 aromatic rings. The zero-order valence-electron chi connectivity index (χ0n) is 13.2. The van der Waals surface area contributed by atoms with Gasteiger partial charge in [0.1, 0.15) is 5.83 Å². The summed E-state index contributed by atoms with van der Waals surface area (Å²) in [7, 11) is -3.09. The smallest absolute Gasteiger partial charge is 0.309 e. The normalized spacial score (nSPS) is 19.2. The van der Waals surface area contributed by atoms with Crippen LogP contribution in [0, 0.1) is 0 Å². The van der Waals surface area contributed by atoms with Gasteiger partial charge in [-0.3, -0.25) is 9.56 Å². The van der Waals surface area contributed by atoms with Gasteiger partial charge in [0.2, 0.25) is 0 Å². The van der Waals surface area contributed by atoms with Gasteiger partial charge >= 0.3 is 7.60 Å². The first-order valence-corrected chi connectivity index (χ1v) is 9.48. The summed E-state index contributed by atoms with van der Waals surface area (Å²) in [6.07, 6.45) is 8.26. The standard InChI is InChI=1S/C16H23FNO3P/c1-3-20-22(19,21-4-2)12-16-9-8-14(11-18-16)13-6-5-7-15(17)10-13/h7,10-11H,3-6,8-9,12H2,1-2H3. The topological polar surface area (TPSA) is 47.9 Å². The van der Waals surface area contributed by atoms with Crippen molar-refractivity contribution in [3.05, 3.63) is 35.3 Å². The predicted octanol–water partition coefficient (Wildman–Crippen LogP) is 4.94. The first-order chi connectivity index (χ1) is 10.6. The number of halogens is 1. The summed E-state index contributed by atoms with van der Waals surface area (Å²) in [5, 5.41) is 0. The molecule has 0 bridgehead atoms. The minimum atomic E-state index is -3.09. The molecule has 0 atom stereocenters. The van der Waals surface area contributed by atoms with Crippen molar-refractivity contribution in [3.8, 4) is 0 Å². The van der Waals surface area contributed by atoms with Gasteiger partial charge < -0.3 is 9.05 Å². The largest absolute Gasteiger partial charge is 0.336 e. The molecule has 6 heteroatoms. The number of hydrogen-bond donors (Lipinski definition) is 0. The van der Waals surface area contributed by atoms with Gasteiger partial charge in [0.15, 0.2) is 0 Å². The minimum absolute atomic E-state index is 0.172. The van der Waals surface area contributed by atoms with E-state index in [4.69, 9.17) is 9.05 Å². The monoisotopic (exact) mass is 327 g/mol. The Hall–Kier alpha value is -1.03. The summed E-state index contributed by atoms with van der Waals surface area (Å²) in [4.78, 5) is 4.40. The molecular formula is C16H23FNO3P. The lowest BCUT2D eigenvalue weighted by atomic mass is 9.92. The summed E-state index contributed by atoms with van der Waals surface area (Å²) in [6.45, 7) is 4.29. The number of nitrogens with zero attached hydrogens (tertiary/aromatic N) is 1. The van der Waals surface area contributed by atoms with Crippen LogP contribution in [0.4, 0.5) is 4.39 Å². The fourth-order valence-corrected chi connectivity index (χ4v) is 4.33. The average Bonchev–Trinajstić information content (AvgIpc) is 2.48. The van der Waals surface area contributed by atoms with E-state index < -0.39 is 7.60 Å². The fourth-order valence-electron chi connectivity index (χ4n) is 2.60. The van der Waals surface area contributed by atoms with E-state index >= 15 is 0 Å². The molecule has 0 aromatic heterocycles. The van der Waals surface area contributed by atoms with Gasteiger partial charge in [-0.1, -0.05) is 0 Å². The van der Waals surface area contributed by atoms with Crippen LogP contribution in [0.5, 0.6) is 0 Å². The molecule has 2 aliphatic rings. The Kier molecular flexibility index (Phi) is 6.30. The van der Waals surface area contributed by atoms with Crippen LogP contribution in [0.1, 0.15) is 39.5 Å². The molecular weight excluding hydrogens is 304 g/mol. The van der Waals surface area contributed by atoms with Crippen LogP contribution in [0.25, 0.3) is 0 Å². The predicted molar refractivity (Wildman–Crippen MR) is 87.0 cm³/mol. The lowest BCUT2D eigenvalue weighted by Gasteiger charge is -2.21. The Morgan fingerprint density at radius 2 is 1.91 bits per heavy atom. The third kappa shape index (κ3) is 4.73. The third-order valence-corrected chi connectivity index (χ3v) is 5.65. The Morgan fingerprint density at radius 3 is 2.45 bits per heavy atom. The maximum atomic E-state index is 13.3. The highest BCUT2D eigenvalue weighted by Crippen LogP contribution is 2.48. The van der Waals surface area contributed by atoms with Gasteiger partial charge in [0.25, 0.3) is 0 Å². The van der Waals surface area contributed by atoms with Crippen molar-refractivity contribution in [2.24, 2.45) is 4.99 Å². The van der Waals surface area contributed by atoms with Crippen LogP contribution in [-0.2, 0) is 13.6 Å². The molecule has 0 spiro atoms. The van der Waals surface area contributed by atoms with E-state index in [1.807, 2.05) is 0 Å². The number of allylic oxidation sites excluding steroid dienone is 5. The summed E-state index contributed by atoms with van der Waals surface area (Å²) >= 11 is 0. The quantitative estimate of drug-likeness (QED) is 0.622. The second-order valence-electron chi connectivity index (χ2n) is 5.25. The molecule has 1 aliphatic carbocycles. The van der Waals surface area contributed by atoms with Gasteiger partial charge in [-0.05, 0) is 62.8 Å². The molecule has 1 heterocycles. The van der Waals surface area contributed by atoms with E-state index in [2.05, 4.69) is 4.99 Å². The Balaban J connectivity index is 2.06. The SMILES string of the molecule is CCOP(=O)(CC1=NC=C(C2=CC(F)=CCC2)CC1)OCC. The Bertz CT molecular complexity index is 568. The molecule has 0 saturated heterocycles. The first kappa shape index (κ1) is 17.3. The van der Waals surface area contributed by atoms with E-state index in [9.17, 15) is 8.96 Å². The van der Waals surface area contributed by atoms with Crippen molar-refractivity contribution in [1.29, 1.82) is 0 Å². The molecule has 0 fully saturated rings. The molecule has 0 unspecified atom stereocenters. The summed E-state index contributed by atoms with van der Waals surface area (Å²) in [5.74, 6) is -0.172. The van der Waals surface area contributed by atoms with Crippen LogP contribution in [-0.4, -0.2) is 25.1 Å². The Labute approximate surface area is 131 Å². The van der Waals surface area contributed by atoms with Crippen LogP contribution in [0.15, 0.2) is 40.3 Å². The molecule has 4 nitrogen and oxygen atoms in total. The number of rotatable bonds is 7. The van der Waals surface area contributed by atoms with E-state index in [0.29, 0.717) is 19.6 Å². The minimum Gasteiger partial charge on any atom is -0.309 e. The second kappa shape index (κ2) is 8.00.